The van der Waals surface area contributed by atoms with Gasteiger partial charge in [0.25, 0.3) is 0 Å². The number of allylic oxidation sites excluding steroid dienone is 1. The molecule has 96 valence electrons. The molecule has 0 aliphatic heterocycles. The van der Waals surface area contributed by atoms with Gasteiger partial charge in [-0.3, -0.25) is 0 Å². The molecule has 0 saturated carbocycles. The molecule has 2 N–H and O–H groups in total. The van der Waals surface area contributed by atoms with Crippen LogP contribution in [-0.4, -0.2) is 6.54 Å². The Bertz CT molecular complexity index is 131. The second kappa shape index (κ2) is 14.7. The van der Waals surface area contributed by atoms with Gasteiger partial charge < -0.3 is 5.73 Å². The van der Waals surface area contributed by atoms with Crippen molar-refractivity contribution in [2.45, 2.75) is 77.0 Å². The molecule has 0 aromatic carbocycles. The molecule has 0 unspecified atom stereocenters. The molecule has 1 nitrogen and oxygen atoms in total. The first kappa shape index (κ1) is 15.7. The van der Waals surface area contributed by atoms with Crippen LogP contribution in [0, 0.1) is 0 Å². The topological polar surface area (TPSA) is 26.0 Å². The third kappa shape index (κ3) is 13.7. The molecule has 16 heavy (non-hydrogen) atoms. The Morgan fingerprint density at radius 2 is 1.00 bits per heavy atom. The van der Waals surface area contributed by atoms with Crippen molar-refractivity contribution in [1.29, 1.82) is 0 Å². The lowest BCUT2D eigenvalue weighted by Crippen LogP contribution is -1.97. The van der Waals surface area contributed by atoms with Crippen molar-refractivity contribution >= 4 is 0 Å². The van der Waals surface area contributed by atoms with E-state index in [0.29, 0.717) is 0 Å². The van der Waals surface area contributed by atoms with E-state index in [-0.39, 0.29) is 0 Å². The van der Waals surface area contributed by atoms with Crippen LogP contribution in [0.1, 0.15) is 77.0 Å². The van der Waals surface area contributed by atoms with Crippen molar-refractivity contribution in [2.75, 3.05) is 6.54 Å². The van der Waals surface area contributed by atoms with Gasteiger partial charge in [-0.1, -0.05) is 63.9 Å². The maximum atomic E-state index is 5.45. The van der Waals surface area contributed by atoms with Gasteiger partial charge in [-0.05, 0) is 25.8 Å². The Hall–Kier alpha value is -0.300. The third-order valence-electron chi connectivity index (χ3n) is 3.11. The van der Waals surface area contributed by atoms with Gasteiger partial charge in [0.2, 0.25) is 0 Å². The maximum Gasteiger partial charge on any atom is -0.00773 e. The van der Waals surface area contributed by atoms with Crippen LogP contribution < -0.4 is 5.73 Å². The minimum absolute atomic E-state index is 0.866. The number of hydrogen-bond donors (Lipinski definition) is 1. The molecule has 1 heteroatoms. The second-order valence-corrected chi connectivity index (χ2v) is 4.76. The van der Waals surface area contributed by atoms with Crippen LogP contribution in [0.4, 0.5) is 0 Å². The Morgan fingerprint density at radius 1 is 0.625 bits per heavy atom. The standard InChI is InChI=1S/C15H31N/c1-2-3-4-5-6-7-8-9-10-11-12-13-14-15-16/h2H,1,3-16H2. The van der Waals surface area contributed by atoms with Crippen molar-refractivity contribution in [1.82, 2.24) is 0 Å². The summed E-state index contributed by atoms with van der Waals surface area (Å²) in [6.45, 7) is 4.61. The molecule has 0 aliphatic rings. The van der Waals surface area contributed by atoms with Gasteiger partial charge in [-0.25, -0.2) is 0 Å². The normalized spacial score (nSPS) is 10.6. The molecule has 0 rings (SSSR count). The molecular formula is C15H31N. The van der Waals surface area contributed by atoms with E-state index in [1.54, 1.807) is 0 Å². The average Bonchev–Trinajstić information content (AvgIpc) is 2.31. The first-order valence-corrected chi connectivity index (χ1v) is 7.22. The zero-order valence-corrected chi connectivity index (χ0v) is 11.1. The Morgan fingerprint density at radius 3 is 1.38 bits per heavy atom. The SMILES string of the molecule is C=CCCCCCCCCCCCCCN. The van der Waals surface area contributed by atoms with Gasteiger partial charge >= 0.3 is 0 Å². The van der Waals surface area contributed by atoms with Gasteiger partial charge in [0.1, 0.15) is 0 Å². The van der Waals surface area contributed by atoms with E-state index >= 15 is 0 Å². The van der Waals surface area contributed by atoms with Crippen molar-refractivity contribution in [3.8, 4) is 0 Å². The van der Waals surface area contributed by atoms with E-state index in [9.17, 15) is 0 Å². The molecule has 0 atom stereocenters. The molecule has 0 aromatic heterocycles. The zero-order chi connectivity index (χ0) is 11.9. The number of unbranched alkanes of at least 4 members (excludes halogenated alkanes) is 11. The summed E-state index contributed by atoms with van der Waals surface area (Å²) in [4.78, 5) is 0. The van der Waals surface area contributed by atoms with E-state index < -0.39 is 0 Å². The van der Waals surface area contributed by atoms with Crippen molar-refractivity contribution in [3.63, 3.8) is 0 Å². The van der Waals surface area contributed by atoms with Crippen LogP contribution in [0.2, 0.25) is 0 Å². The largest absolute Gasteiger partial charge is 0.330 e. The lowest BCUT2D eigenvalue weighted by Gasteiger charge is -2.02. The van der Waals surface area contributed by atoms with E-state index in [1.807, 2.05) is 6.08 Å². The predicted molar refractivity (Wildman–Crippen MR) is 74.7 cm³/mol. The van der Waals surface area contributed by atoms with E-state index in [4.69, 9.17) is 5.73 Å². The summed E-state index contributed by atoms with van der Waals surface area (Å²) < 4.78 is 0. The fraction of sp³-hybridized carbons (Fsp3) is 0.867. The van der Waals surface area contributed by atoms with Crippen molar-refractivity contribution in [3.05, 3.63) is 12.7 Å². The van der Waals surface area contributed by atoms with E-state index in [0.717, 1.165) is 6.54 Å². The molecule has 0 heterocycles. The lowest BCUT2D eigenvalue weighted by molar-refractivity contribution is 0.547. The minimum Gasteiger partial charge on any atom is -0.330 e. The fourth-order valence-electron chi connectivity index (χ4n) is 2.02. The molecule has 0 amide bonds. The number of rotatable bonds is 13. The van der Waals surface area contributed by atoms with Gasteiger partial charge in [0, 0.05) is 0 Å². The van der Waals surface area contributed by atoms with Crippen LogP contribution in [0.5, 0.6) is 0 Å². The summed E-state index contributed by atoms with van der Waals surface area (Å²) in [5.74, 6) is 0. The molecule has 0 aliphatic carbocycles. The van der Waals surface area contributed by atoms with Crippen LogP contribution >= 0.6 is 0 Å². The highest BCUT2D eigenvalue weighted by Gasteiger charge is 1.92. The van der Waals surface area contributed by atoms with Crippen LogP contribution in [0.3, 0.4) is 0 Å². The Kier molecular flexibility index (Phi) is 14.4. The highest BCUT2D eigenvalue weighted by atomic mass is 14.5. The Balaban J connectivity index is 2.85. The van der Waals surface area contributed by atoms with Crippen molar-refractivity contribution < 1.29 is 0 Å². The first-order chi connectivity index (χ1) is 7.91. The average molecular weight is 225 g/mol. The summed E-state index contributed by atoms with van der Waals surface area (Å²) in [6.07, 6.45) is 18.4. The number of hydrogen-bond acceptors (Lipinski definition) is 1. The molecular weight excluding hydrogens is 194 g/mol. The molecule has 0 radical (unpaired) electrons. The fourth-order valence-corrected chi connectivity index (χ4v) is 2.02. The molecule has 0 fully saturated rings. The molecule has 0 bridgehead atoms. The van der Waals surface area contributed by atoms with Crippen molar-refractivity contribution in [2.24, 2.45) is 5.73 Å². The van der Waals surface area contributed by atoms with E-state index in [1.165, 1.54) is 77.0 Å². The highest BCUT2D eigenvalue weighted by Crippen LogP contribution is 2.11. The smallest absolute Gasteiger partial charge is 0.00773 e. The lowest BCUT2D eigenvalue weighted by atomic mass is 10.1. The molecule has 0 aromatic rings. The second-order valence-electron chi connectivity index (χ2n) is 4.76. The van der Waals surface area contributed by atoms with E-state index in [2.05, 4.69) is 6.58 Å². The monoisotopic (exact) mass is 225 g/mol. The first-order valence-electron chi connectivity index (χ1n) is 7.22. The van der Waals surface area contributed by atoms with Crippen LogP contribution in [-0.2, 0) is 0 Å². The quantitative estimate of drug-likeness (QED) is 0.353. The summed E-state index contributed by atoms with van der Waals surface area (Å²) in [5.41, 5.74) is 5.45. The number of nitrogens with two attached hydrogens (primary N) is 1. The van der Waals surface area contributed by atoms with Gasteiger partial charge in [0.05, 0.1) is 0 Å². The van der Waals surface area contributed by atoms with Gasteiger partial charge in [0.15, 0.2) is 0 Å². The summed E-state index contributed by atoms with van der Waals surface area (Å²) in [5, 5.41) is 0. The summed E-state index contributed by atoms with van der Waals surface area (Å²) in [6, 6.07) is 0. The van der Waals surface area contributed by atoms with Gasteiger partial charge in [-0.2, -0.15) is 0 Å². The summed E-state index contributed by atoms with van der Waals surface area (Å²) >= 11 is 0. The predicted octanol–water partition coefficient (Wildman–Crippen LogP) is 4.81. The maximum absolute atomic E-state index is 5.45. The zero-order valence-electron chi connectivity index (χ0n) is 11.1. The van der Waals surface area contributed by atoms with Crippen LogP contribution in [0.15, 0.2) is 12.7 Å². The Labute approximate surface area is 102 Å². The van der Waals surface area contributed by atoms with Gasteiger partial charge in [-0.15, -0.1) is 6.58 Å². The highest BCUT2D eigenvalue weighted by molar-refractivity contribution is 4.65. The molecule has 0 saturated heterocycles. The molecule has 0 spiro atoms. The van der Waals surface area contributed by atoms with Crippen LogP contribution in [0.25, 0.3) is 0 Å². The summed E-state index contributed by atoms with van der Waals surface area (Å²) in [7, 11) is 0. The minimum atomic E-state index is 0.866. The third-order valence-corrected chi connectivity index (χ3v) is 3.11.